The molecule has 0 aliphatic heterocycles. The molecule has 0 heterocycles. The summed E-state index contributed by atoms with van der Waals surface area (Å²) in [4.78, 5) is 11.1. The van der Waals surface area contributed by atoms with Crippen LogP contribution in [0.4, 0.5) is 13.2 Å². The summed E-state index contributed by atoms with van der Waals surface area (Å²) in [5, 5.41) is 0. The highest BCUT2D eigenvalue weighted by Crippen LogP contribution is 2.36. The van der Waals surface area contributed by atoms with Gasteiger partial charge in [-0.2, -0.15) is 21.6 Å². The molecule has 0 spiro atoms. The lowest BCUT2D eigenvalue weighted by Gasteiger charge is -2.13. The summed E-state index contributed by atoms with van der Waals surface area (Å²) >= 11 is 0. The second-order valence-electron chi connectivity index (χ2n) is 4.25. The number of alkyl halides is 3. The van der Waals surface area contributed by atoms with Crippen molar-refractivity contribution < 1.29 is 35.3 Å². The quantitative estimate of drug-likeness (QED) is 0.564. The fourth-order valence-electron chi connectivity index (χ4n) is 1.58. The van der Waals surface area contributed by atoms with E-state index >= 15 is 0 Å². The van der Waals surface area contributed by atoms with E-state index in [0.717, 1.165) is 18.2 Å². The van der Waals surface area contributed by atoms with E-state index < -0.39 is 39.3 Å². The molecule has 0 fully saturated rings. The summed E-state index contributed by atoms with van der Waals surface area (Å²) in [6.45, 7) is 1.77. The van der Waals surface area contributed by atoms with Gasteiger partial charge in [0.15, 0.2) is 5.75 Å². The van der Waals surface area contributed by atoms with Gasteiger partial charge in [0.1, 0.15) is 0 Å². The maximum Gasteiger partial charge on any atom is 0.420 e. The van der Waals surface area contributed by atoms with Crippen LogP contribution < -0.4 is 4.18 Å². The zero-order chi connectivity index (χ0) is 16.8. The van der Waals surface area contributed by atoms with E-state index in [2.05, 4.69) is 8.92 Å². The van der Waals surface area contributed by atoms with Gasteiger partial charge in [-0.15, -0.1) is 0 Å². The van der Waals surface area contributed by atoms with Crippen LogP contribution in [0.2, 0.25) is 0 Å². The van der Waals surface area contributed by atoms with Gasteiger partial charge in [-0.3, -0.25) is 4.79 Å². The summed E-state index contributed by atoms with van der Waals surface area (Å²) < 4.78 is 70.7. The molecule has 0 N–H and O–H groups in total. The van der Waals surface area contributed by atoms with Crippen LogP contribution in [0.5, 0.6) is 5.75 Å². The maximum absolute atomic E-state index is 12.7. The Morgan fingerprint density at radius 2 is 1.86 bits per heavy atom. The second kappa shape index (κ2) is 7.48. The Morgan fingerprint density at radius 1 is 1.23 bits per heavy atom. The number of carbonyl (C=O) groups is 1. The summed E-state index contributed by atoms with van der Waals surface area (Å²) in [5.41, 5.74) is -1.18. The smallest absolute Gasteiger partial charge is 0.420 e. The largest absolute Gasteiger partial charge is 0.466 e. The molecule has 124 valence electrons. The number of para-hydroxylation sites is 1. The van der Waals surface area contributed by atoms with E-state index in [9.17, 15) is 26.4 Å². The van der Waals surface area contributed by atoms with Gasteiger partial charge >= 0.3 is 22.3 Å². The van der Waals surface area contributed by atoms with Gasteiger partial charge in [-0.05, 0) is 25.5 Å². The van der Waals surface area contributed by atoms with Crippen LogP contribution in [0.1, 0.15) is 25.3 Å². The first-order valence-corrected chi connectivity index (χ1v) is 7.97. The Bertz CT molecular complexity index is 610. The highest BCUT2D eigenvalue weighted by Gasteiger charge is 2.35. The first kappa shape index (κ1) is 18.3. The van der Waals surface area contributed by atoms with Crippen LogP contribution in [0.15, 0.2) is 24.3 Å². The van der Waals surface area contributed by atoms with Gasteiger partial charge < -0.3 is 8.92 Å². The summed E-state index contributed by atoms with van der Waals surface area (Å²) in [6.07, 6.45) is -4.98. The number of carbonyl (C=O) groups excluding carboxylic acids is 1. The number of halogens is 3. The Morgan fingerprint density at radius 3 is 2.45 bits per heavy atom. The normalized spacial score (nSPS) is 12.0. The van der Waals surface area contributed by atoms with Gasteiger partial charge in [0.05, 0.1) is 17.9 Å². The minimum Gasteiger partial charge on any atom is -0.466 e. The lowest BCUT2D eigenvalue weighted by Crippen LogP contribution is -2.18. The van der Waals surface area contributed by atoms with Gasteiger partial charge in [0.25, 0.3) is 0 Å². The number of hydrogen-bond acceptors (Lipinski definition) is 5. The average Bonchev–Trinajstić information content (AvgIpc) is 2.37. The summed E-state index contributed by atoms with van der Waals surface area (Å²) in [5.74, 6) is -1.95. The molecule has 0 saturated heterocycles. The van der Waals surface area contributed by atoms with Crippen LogP contribution in [-0.4, -0.2) is 26.7 Å². The van der Waals surface area contributed by atoms with Crippen LogP contribution in [0.3, 0.4) is 0 Å². The van der Waals surface area contributed by atoms with Crippen LogP contribution >= 0.6 is 0 Å². The topological polar surface area (TPSA) is 69.7 Å². The van der Waals surface area contributed by atoms with Gasteiger partial charge in [0.2, 0.25) is 0 Å². The zero-order valence-corrected chi connectivity index (χ0v) is 12.5. The molecule has 0 aliphatic carbocycles. The van der Waals surface area contributed by atoms with E-state index in [1.54, 1.807) is 6.92 Å². The minimum absolute atomic E-state index is 0.102. The van der Waals surface area contributed by atoms with Crippen LogP contribution in [-0.2, 0) is 25.8 Å². The number of esters is 1. The van der Waals surface area contributed by atoms with E-state index in [4.69, 9.17) is 0 Å². The predicted octanol–water partition coefficient (Wildman–Crippen LogP) is 2.76. The minimum atomic E-state index is -4.73. The summed E-state index contributed by atoms with van der Waals surface area (Å²) in [6, 6.07) is 4.01. The fourth-order valence-corrected chi connectivity index (χ4v) is 2.58. The Balaban J connectivity index is 2.72. The second-order valence-corrected chi connectivity index (χ2v) is 5.94. The van der Waals surface area contributed by atoms with Crippen LogP contribution in [0.25, 0.3) is 0 Å². The SMILES string of the molecule is CCOC(=O)CCCS(=O)(=O)Oc1ccccc1C(F)(F)F. The molecule has 9 heteroatoms. The molecule has 0 saturated carbocycles. The molecule has 0 radical (unpaired) electrons. The Labute approximate surface area is 126 Å². The van der Waals surface area contributed by atoms with Crippen molar-refractivity contribution in [2.24, 2.45) is 0 Å². The molecule has 1 aromatic rings. The predicted molar refractivity (Wildman–Crippen MR) is 71.7 cm³/mol. The van der Waals surface area contributed by atoms with Gasteiger partial charge in [0, 0.05) is 6.42 Å². The number of benzene rings is 1. The van der Waals surface area contributed by atoms with Crippen molar-refractivity contribution in [3.63, 3.8) is 0 Å². The third kappa shape index (κ3) is 5.92. The molecule has 0 atom stereocenters. The molecule has 0 aromatic heterocycles. The molecule has 1 rings (SSSR count). The van der Waals surface area contributed by atoms with E-state index in [1.165, 1.54) is 6.07 Å². The monoisotopic (exact) mass is 340 g/mol. The highest BCUT2D eigenvalue weighted by molar-refractivity contribution is 7.87. The van der Waals surface area contributed by atoms with Gasteiger partial charge in [-0.25, -0.2) is 0 Å². The number of rotatable bonds is 7. The van der Waals surface area contributed by atoms with Crippen molar-refractivity contribution in [2.75, 3.05) is 12.4 Å². The molecule has 0 unspecified atom stereocenters. The third-order valence-corrected chi connectivity index (χ3v) is 3.71. The maximum atomic E-state index is 12.7. The van der Waals surface area contributed by atoms with Crippen molar-refractivity contribution in [1.82, 2.24) is 0 Å². The van der Waals surface area contributed by atoms with E-state index in [0.29, 0.717) is 0 Å². The molecule has 0 aliphatic rings. The molecule has 0 amide bonds. The molecular weight excluding hydrogens is 325 g/mol. The number of hydrogen-bond donors (Lipinski definition) is 0. The van der Waals surface area contributed by atoms with Crippen molar-refractivity contribution in [2.45, 2.75) is 25.9 Å². The first-order chi connectivity index (χ1) is 10.2. The first-order valence-electron chi connectivity index (χ1n) is 6.39. The number of ether oxygens (including phenoxy) is 1. The van der Waals surface area contributed by atoms with E-state index in [1.807, 2.05) is 0 Å². The van der Waals surface area contributed by atoms with Crippen LogP contribution in [0, 0.1) is 0 Å². The van der Waals surface area contributed by atoms with Crippen molar-refractivity contribution in [1.29, 1.82) is 0 Å². The fraction of sp³-hybridized carbons (Fsp3) is 0.462. The Kier molecular flexibility index (Phi) is 6.21. The summed E-state index contributed by atoms with van der Waals surface area (Å²) in [7, 11) is -4.24. The van der Waals surface area contributed by atoms with Gasteiger partial charge in [-0.1, -0.05) is 12.1 Å². The van der Waals surface area contributed by atoms with Crippen molar-refractivity contribution in [3.8, 4) is 5.75 Å². The van der Waals surface area contributed by atoms with E-state index in [-0.39, 0.29) is 19.4 Å². The molecular formula is C13H15F3O5S. The lowest BCUT2D eigenvalue weighted by atomic mass is 10.2. The molecule has 5 nitrogen and oxygen atoms in total. The molecule has 1 aromatic carbocycles. The standard InChI is InChI=1S/C13H15F3O5S/c1-2-20-12(17)8-5-9-22(18,19)21-11-7-4-3-6-10(11)13(14,15)16/h3-4,6-7H,2,5,8-9H2,1H3. The zero-order valence-electron chi connectivity index (χ0n) is 11.7. The highest BCUT2D eigenvalue weighted by atomic mass is 32.2. The molecule has 22 heavy (non-hydrogen) atoms. The van der Waals surface area contributed by atoms with Crippen molar-refractivity contribution in [3.05, 3.63) is 29.8 Å². The Hall–Kier alpha value is -1.77. The lowest BCUT2D eigenvalue weighted by molar-refractivity contribution is -0.143. The third-order valence-electron chi connectivity index (χ3n) is 2.49. The molecule has 0 bridgehead atoms. The average molecular weight is 340 g/mol. The van der Waals surface area contributed by atoms with Crippen molar-refractivity contribution >= 4 is 16.1 Å².